The molecule has 0 bridgehead atoms. The first-order chi connectivity index (χ1) is 12.1. The van der Waals surface area contributed by atoms with Crippen LogP contribution < -0.4 is 17.0 Å². The van der Waals surface area contributed by atoms with Crippen LogP contribution in [0.15, 0.2) is 14.7 Å². The van der Waals surface area contributed by atoms with Crippen LogP contribution in [0.4, 0.5) is 19.0 Å². The molecule has 142 valence electrons. The van der Waals surface area contributed by atoms with Crippen molar-refractivity contribution in [2.45, 2.75) is 31.2 Å². The second-order valence-corrected chi connectivity index (χ2v) is 6.19. The van der Waals surface area contributed by atoms with Crippen molar-refractivity contribution in [2.24, 2.45) is 7.05 Å². The van der Waals surface area contributed by atoms with Gasteiger partial charge in [0.05, 0.1) is 5.75 Å². The van der Waals surface area contributed by atoms with Crippen LogP contribution in [-0.4, -0.2) is 35.9 Å². The third-order valence-corrected chi connectivity index (χ3v) is 4.41. The summed E-state index contributed by atoms with van der Waals surface area (Å²) in [5.41, 5.74) is 3.67. The van der Waals surface area contributed by atoms with Gasteiger partial charge in [-0.3, -0.25) is 19.1 Å². The fraction of sp³-hybridized carbons (Fsp3) is 0.462. The number of aromatic nitrogens is 5. The van der Waals surface area contributed by atoms with E-state index in [0.29, 0.717) is 22.7 Å². The quantitative estimate of drug-likeness (QED) is 0.545. The summed E-state index contributed by atoms with van der Waals surface area (Å²) in [7, 11) is 1.11. The Hall–Kier alpha value is -2.57. The van der Waals surface area contributed by atoms with Crippen LogP contribution in [0.3, 0.4) is 0 Å². The van der Waals surface area contributed by atoms with Gasteiger partial charge in [-0.05, 0) is 6.42 Å². The summed E-state index contributed by atoms with van der Waals surface area (Å²) in [5, 5.41) is 6.28. The molecule has 0 aromatic carbocycles. The molecule has 0 saturated heterocycles. The van der Waals surface area contributed by atoms with Crippen molar-refractivity contribution >= 4 is 23.4 Å². The van der Waals surface area contributed by atoms with Crippen LogP contribution in [0, 0.1) is 0 Å². The average Bonchev–Trinajstić information content (AvgIpc) is 2.90. The van der Waals surface area contributed by atoms with E-state index in [2.05, 4.69) is 10.2 Å². The van der Waals surface area contributed by atoms with Crippen molar-refractivity contribution in [2.75, 3.05) is 11.5 Å². The van der Waals surface area contributed by atoms with Crippen molar-refractivity contribution in [3.63, 3.8) is 0 Å². The molecule has 2 aromatic heterocycles. The lowest BCUT2D eigenvalue weighted by molar-refractivity contribution is -0.147. The van der Waals surface area contributed by atoms with E-state index >= 15 is 0 Å². The number of ketones is 1. The van der Waals surface area contributed by atoms with Crippen LogP contribution >= 0.6 is 11.8 Å². The largest absolute Gasteiger partial charge is 0.451 e. The van der Waals surface area contributed by atoms with Crippen molar-refractivity contribution < 1.29 is 18.0 Å². The highest BCUT2D eigenvalue weighted by atomic mass is 32.2. The molecule has 2 heterocycles. The Morgan fingerprint density at radius 1 is 1.31 bits per heavy atom. The Morgan fingerprint density at radius 2 is 1.96 bits per heavy atom. The molecule has 0 atom stereocenters. The third-order valence-electron chi connectivity index (χ3n) is 3.39. The molecule has 13 heteroatoms. The SMILES string of the molecule is CCCn1c(N)c(C(=O)CSc2nnc(C(F)(F)F)n2C)c(=O)[nH]c1=O. The van der Waals surface area contributed by atoms with Gasteiger partial charge in [-0.1, -0.05) is 18.7 Å². The van der Waals surface area contributed by atoms with E-state index in [-0.39, 0.29) is 17.5 Å². The number of nitrogens with two attached hydrogens (primary N) is 1. The molecule has 0 amide bonds. The standard InChI is InChI=1S/C13H15F3N6O3S/c1-3-4-22-8(17)7(9(24)18-11(22)25)6(23)5-26-12-20-19-10(21(12)2)13(14,15)16/h3-5,17H2,1-2H3,(H,18,24,25). The van der Waals surface area contributed by atoms with E-state index < -0.39 is 40.3 Å². The minimum Gasteiger partial charge on any atom is -0.384 e. The van der Waals surface area contributed by atoms with Gasteiger partial charge in [-0.15, -0.1) is 10.2 Å². The van der Waals surface area contributed by atoms with Crippen LogP contribution in [0.2, 0.25) is 0 Å². The summed E-state index contributed by atoms with van der Waals surface area (Å²) >= 11 is 0.672. The van der Waals surface area contributed by atoms with Gasteiger partial charge < -0.3 is 10.3 Å². The predicted molar refractivity (Wildman–Crippen MR) is 87.1 cm³/mol. The number of aromatic amines is 1. The number of carbonyl (C=O) groups is 1. The number of halogens is 3. The lowest BCUT2D eigenvalue weighted by Gasteiger charge is -2.11. The van der Waals surface area contributed by atoms with Crippen molar-refractivity contribution in [3.8, 4) is 0 Å². The van der Waals surface area contributed by atoms with Crippen molar-refractivity contribution in [3.05, 3.63) is 32.2 Å². The third kappa shape index (κ3) is 3.81. The highest BCUT2D eigenvalue weighted by molar-refractivity contribution is 7.99. The lowest BCUT2D eigenvalue weighted by atomic mass is 10.2. The minimum absolute atomic E-state index is 0.150. The van der Waals surface area contributed by atoms with Crippen LogP contribution in [0.5, 0.6) is 0 Å². The molecule has 2 aromatic rings. The molecule has 0 unspecified atom stereocenters. The first-order valence-corrected chi connectivity index (χ1v) is 8.31. The van der Waals surface area contributed by atoms with E-state index in [1.165, 1.54) is 0 Å². The summed E-state index contributed by atoms with van der Waals surface area (Å²) < 4.78 is 39.8. The molecular weight excluding hydrogens is 377 g/mol. The number of alkyl halides is 3. The summed E-state index contributed by atoms with van der Waals surface area (Å²) in [6.07, 6.45) is -4.14. The number of nitrogens with zero attached hydrogens (tertiary/aromatic N) is 4. The second-order valence-electron chi connectivity index (χ2n) is 5.25. The first-order valence-electron chi connectivity index (χ1n) is 7.33. The molecule has 3 N–H and O–H groups in total. The molecule has 0 aliphatic heterocycles. The first kappa shape index (κ1) is 19.8. The summed E-state index contributed by atoms with van der Waals surface area (Å²) in [6.45, 7) is 1.98. The topological polar surface area (TPSA) is 129 Å². The number of nitrogen functional groups attached to an aromatic ring is 1. The molecule has 9 nitrogen and oxygen atoms in total. The molecule has 0 saturated carbocycles. The van der Waals surface area contributed by atoms with Gasteiger partial charge in [-0.2, -0.15) is 13.2 Å². The van der Waals surface area contributed by atoms with E-state index in [4.69, 9.17) is 5.73 Å². The van der Waals surface area contributed by atoms with Crippen LogP contribution in [-0.2, 0) is 19.8 Å². The van der Waals surface area contributed by atoms with E-state index in [9.17, 15) is 27.6 Å². The molecule has 0 spiro atoms. The highest BCUT2D eigenvalue weighted by Crippen LogP contribution is 2.29. The smallest absolute Gasteiger partial charge is 0.384 e. The molecule has 0 aliphatic rings. The number of H-pyrrole nitrogens is 1. The number of hydrogen-bond donors (Lipinski definition) is 2. The van der Waals surface area contributed by atoms with Gasteiger partial charge in [0.2, 0.25) is 5.82 Å². The zero-order valence-corrected chi connectivity index (χ0v) is 14.6. The number of Topliss-reactive ketones (excluding diaryl/α,β-unsaturated/α-hetero) is 1. The van der Waals surface area contributed by atoms with Gasteiger partial charge in [0.25, 0.3) is 5.56 Å². The molecule has 2 rings (SSSR count). The Morgan fingerprint density at radius 3 is 2.50 bits per heavy atom. The molecule has 26 heavy (non-hydrogen) atoms. The predicted octanol–water partition coefficient (Wildman–Crippen LogP) is 0.651. The summed E-state index contributed by atoms with van der Waals surface area (Å²) in [5.74, 6) is -2.63. The molecule has 0 aliphatic carbocycles. The number of rotatable bonds is 6. The van der Waals surface area contributed by atoms with Crippen molar-refractivity contribution in [1.82, 2.24) is 24.3 Å². The van der Waals surface area contributed by atoms with Gasteiger partial charge in [0, 0.05) is 13.6 Å². The molecular formula is C13H15F3N6O3S. The number of thioether (sulfide) groups is 1. The normalized spacial score (nSPS) is 11.7. The maximum absolute atomic E-state index is 12.7. The van der Waals surface area contributed by atoms with Crippen LogP contribution in [0.1, 0.15) is 29.5 Å². The molecule has 0 fully saturated rings. The second kappa shape index (κ2) is 7.35. The Balaban J connectivity index is 2.27. The number of nitrogens with one attached hydrogen (secondary N) is 1. The van der Waals surface area contributed by atoms with Gasteiger partial charge in [0.15, 0.2) is 10.9 Å². The number of hydrogen-bond acceptors (Lipinski definition) is 7. The fourth-order valence-corrected chi connectivity index (χ4v) is 2.98. The summed E-state index contributed by atoms with van der Waals surface area (Å²) in [4.78, 5) is 38.0. The van der Waals surface area contributed by atoms with Gasteiger partial charge in [0.1, 0.15) is 11.4 Å². The zero-order valence-electron chi connectivity index (χ0n) is 13.8. The number of anilines is 1. The Labute approximate surface area is 148 Å². The maximum atomic E-state index is 12.7. The minimum atomic E-state index is -4.68. The zero-order chi connectivity index (χ0) is 19.6. The van der Waals surface area contributed by atoms with Crippen molar-refractivity contribution in [1.29, 1.82) is 0 Å². The highest BCUT2D eigenvalue weighted by Gasteiger charge is 2.37. The van der Waals surface area contributed by atoms with E-state index in [0.717, 1.165) is 11.6 Å². The Bertz CT molecular complexity index is 946. The van der Waals surface area contributed by atoms with E-state index in [1.807, 2.05) is 4.98 Å². The lowest BCUT2D eigenvalue weighted by Crippen LogP contribution is -2.36. The van der Waals surface area contributed by atoms with Crippen LogP contribution in [0.25, 0.3) is 0 Å². The van der Waals surface area contributed by atoms with Gasteiger partial charge in [-0.25, -0.2) is 4.79 Å². The fourth-order valence-electron chi connectivity index (χ4n) is 2.19. The Kier molecular flexibility index (Phi) is 5.59. The monoisotopic (exact) mass is 392 g/mol. The number of carbonyl (C=O) groups excluding carboxylic acids is 1. The molecule has 0 radical (unpaired) electrons. The van der Waals surface area contributed by atoms with E-state index in [1.54, 1.807) is 6.92 Å². The average molecular weight is 392 g/mol. The van der Waals surface area contributed by atoms with Gasteiger partial charge >= 0.3 is 11.9 Å². The maximum Gasteiger partial charge on any atom is 0.451 e. The summed E-state index contributed by atoms with van der Waals surface area (Å²) in [6, 6.07) is 0.